The van der Waals surface area contributed by atoms with Gasteiger partial charge < -0.3 is 10.4 Å². The lowest BCUT2D eigenvalue weighted by Crippen LogP contribution is -2.51. The minimum atomic E-state index is -0.808. The third kappa shape index (κ3) is 5.77. The van der Waals surface area contributed by atoms with E-state index in [9.17, 15) is 9.90 Å². The van der Waals surface area contributed by atoms with Gasteiger partial charge in [0, 0.05) is 10.5 Å². The SMILES string of the molecule is CCNC(C)(CC(C)SC(C)C(C)C)C(=O)O. The average molecular weight is 261 g/mol. The van der Waals surface area contributed by atoms with Crippen molar-refractivity contribution >= 4 is 17.7 Å². The molecule has 0 radical (unpaired) electrons. The maximum absolute atomic E-state index is 11.3. The Morgan fingerprint density at radius 2 is 1.88 bits per heavy atom. The standard InChI is InChI=1S/C13H27NO2S/c1-7-14-13(6,12(15)16)8-10(4)17-11(5)9(2)3/h9-11,14H,7-8H2,1-6H3,(H,15,16). The highest BCUT2D eigenvalue weighted by Crippen LogP contribution is 2.28. The summed E-state index contributed by atoms with van der Waals surface area (Å²) in [7, 11) is 0. The number of carboxylic acid groups (broad SMARTS) is 1. The van der Waals surface area contributed by atoms with E-state index in [1.54, 1.807) is 6.92 Å². The predicted octanol–water partition coefficient (Wildman–Crippen LogP) is 3.00. The van der Waals surface area contributed by atoms with Crippen LogP contribution < -0.4 is 5.32 Å². The number of carboxylic acids is 1. The summed E-state index contributed by atoms with van der Waals surface area (Å²) >= 11 is 1.87. The van der Waals surface area contributed by atoms with Crippen molar-refractivity contribution in [1.29, 1.82) is 0 Å². The van der Waals surface area contributed by atoms with Crippen molar-refractivity contribution in [2.24, 2.45) is 5.92 Å². The van der Waals surface area contributed by atoms with Gasteiger partial charge in [-0.05, 0) is 25.8 Å². The minimum absolute atomic E-state index is 0.340. The van der Waals surface area contributed by atoms with Crippen LogP contribution in [0.5, 0.6) is 0 Å². The van der Waals surface area contributed by atoms with Crippen molar-refractivity contribution in [1.82, 2.24) is 5.32 Å². The number of hydrogen-bond acceptors (Lipinski definition) is 3. The predicted molar refractivity (Wildman–Crippen MR) is 75.7 cm³/mol. The zero-order valence-electron chi connectivity index (χ0n) is 11.9. The third-order valence-electron chi connectivity index (χ3n) is 3.12. The summed E-state index contributed by atoms with van der Waals surface area (Å²) in [5.41, 5.74) is -0.808. The molecule has 0 amide bonds. The smallest absolute Gasteiger partial charge is 0.323 e. The molecule has 3 atom stereocenters. The van der Waals surface area contributed by atoms with Crippen molar-refractivity contribution in [2.45, 2.75) is 64.0 Å². The average Bonchev–Trinajstić information content (AvgIpc) is 2.16. The van der Waals surface area contributed by atoms with E-state index >= 15 is 0 Å². The number of likely N-dealkylation sites (N-methyl/N-ethyl adjacent to an activating group) is 1. The minimum Gasteiger partial charge on any atom is -0.480 e. The molecule has 4 heteroatoms. The van der Waals surface area contributed by atoms with Crippen LogP contribution >= 0.6 is 11.8 Å². The van der Waals surface area contributed by atoms with Crippen LogP contribution in [0.2, 0.25) is 0 Å². The second kappa shape index (κ2) is 7.27. The van der Waals surface area contributed by atoms with Gasteiger partial charge in [-0.1, -0.05) is 34.6 Å². The quantitative estimate of drug-likeness (QED) is 0.705. The van der Waals surface area contributed by atoms with Gasteiger partial charge >= 0.3 is 5.97 Å². The van der Waals surface area contributed by atoms with Crippen molar-refractivity contribution in [3.8, 4) is 0 Å². The Bertz CT molecular complexity index is 246. The molecule has 0 spiro atoms. The molecule has 2 N–H and O–H groups in total. The topological polar surface area (TPSA) is 49.3 Å². The number of hydrogen-bond donors (Lipinski definition) is 2. The summed E-state index contributed by atoms with van der Waals surface area (Å²) in [6, 6.07) is 0. The molecule has 0 aliphatic rings. The van der Waals surface area contributed by atoms with Gasteiger partial charge in [-0.3, -0.25) is 4.79 Å². The zero-order valence-corrected chi connectivity index (χ0v) is 12.7. The Hall–Kier alpha value is -0.220. The molecule has 0 bridgehead atoms. The first-order chi connectivity index (χ1) is 7.73. The second-order valence-electron chi connectivity index (χ2n) is 5.27. The first-order valence-corrected chi connectivity index (χ1v) is 7.31. The highest BCUT2D eigenvalue weighted by atomic mass is 32.2. The van der Waals surface area contributed by atoms with Gasteiger partial charge in [0.15, 0.2) is 0 Å². The number of carbonyl (C=O) groups is 1. The zero-order chi connectivity index (χ0) is 13.6. The molecule has 0 saturated carbocycles. The maximum Gasteiger partial charge on any atom is 0.323 e. The Kier molecular flexibility index (Phi) is 7.17. The van der Waals surface area contributed by atoms with Crippen LogP contribution in [0.3, 0.4) is 0 Å². The fourth-order valence-electron chi connectivity index (χ4n) is 1.77. The molecule has 0 aliphatic carbocycles. The van der Waals surface area contributed by atoms with E-state index in [0.717, 1.165) is 0 Å². The van der Waals surface area contributed by atoms with Crippen molar-refractivity contribution in [3.05, 3.63) is 0 Å². The first-order valence-electron chi connectivity index (χ1n) is 6.36. The fourth-order valence-corrected chi connectivity index (χ4v) is 3.25. The molecule has 0 fully saturated rings. The molecular formula is C13H27NO2S. The molecule has 3 nitrogen and oxygen atoms in total. The van der Waals surface area contributed by atoms with Crippen LogP contribution in [0.25, 0.3) is 0 Å². The Morgan fingerprint density at radius 1 is 1.35 bits per heavy atom. The van der Waals surface area contributed by atoms with Crippen LogP contribution in [0.15, 0.2) is 0 Å². The summed E-state index contributed by atoms with van der Waals surface area (Å²) in [6.45, 7) is 13.1. The highest BCUT2D eigenvalue weighted by molar-refractivity contribution is 8.00. The first kappa shape index (κ1) is 16.8. The van der Waals surface area contributed by atoms with Crippen molar-refractivity contribution in [2.75, 3.05) is 6.54 Å². The third-order valence-corrected chi connectivity index (χ3v) is 4.73. The van der Waals surface area contributed by atoms with E-state index in [2.05, 4.69) is 33.0 Å². The second-order valence-corrected chi connectivity index (χ2v) is 7.09. The van der Waals surface area contributed by atoms with Crippen LogP contribution in [0.1, 0.15) is 48.0 Å². The van der Waals surface area contributed by atoms with E-state index in [0.29, 0.717) is 29.4 Å². The Morgan fingerprint density at radius 3 is 2.24 bits per heavy atom. The molecule has 0 saturated heterocycles. The summed E-state index contributed by atoms with van der Waals surface area (Å²) in [6.07, 6.45) is 0.651. The summed E-state index contributed by atoms with van der Waals surface area (Å²) in [5, 5.41) is 13.3. The van der Waals surface area contributed by atoms with Gasteiger partial charge in [0.1, 0.15) is 5.54 Å². The van der Waals surface area contributed by atoms with Crippen molar-refractivity contribution < 1.29 is 9.90 Å². The molecule has 0 aromatic carbocycles. The fraction of sp³-hybridized carbons (Fsp3) is 0.923. The summed E-state index contributed by atoms with van der Waals surface area (Å²) < 4.78 is 0. The molecule has 0 heterocycles. The van der Waals surface area contributed by atoms with Gasteiger partial charge in [-0.25, -0.2) is 0 Å². The summed E-state index contributed by atoms with van der Waals surface area (Å²) in [5.74, 6) is -0.137. The number of rotatable bonds is 8. The van der Waals surface area contributed by atoms with Crippen LogP contribution in [0.4, 0.5) is 0 Å². The molecule has 0 aliphatic heterocycles. The van der Waals surface area contributed by atoms with Crippen LogP contribution in [-0.2, 0) is 4.79 Å². The number of thioether (sulfide) groups is 1. The molecule has 3 unspecified atom stereocenters. The van der Waals surface area contributed by atoms with E-state index in [1.165, 1.54) is 0 Å². The maximum atomic E-state index is 11.3. The lowest BCUT2D eigenvalue weighted by atomic mass is 9.96. The molecular weight excluding hydrogens is 234 g/mol. The number of aliphatic carboxylic acids is 1. The van der Waals surface area contributed by atoms with Gasteiger partial charge in [0.05, 0.1) is 0 Å². The molecule has 17 heavy (non-hydrogen) atoms. The Labute approximate surface area is 110 Å². The molecule has 0 aromatic heterocycles. The van der Waals surface area contributed by atoms with E-state index in [1.807, 2.05) is 18.7 Å². The van der Waals surface area contributed by atoms with Gasteiger partial charge in [0.25, 0.3) is 0 Å². The van der Waals surface area contributed by atoms with Gasteiger partial charge in [-0.15, -0.1) is 0 Å². The molecule has 0 rings (SSSR count). The van der Waals surface area contributed by atoms with Crippen molar-refractivity contribution in [3.63, 3.8) is 0 Å². The van der Waals surface area contributed by atoms with Gasteiger partial charge in [-0.2, -0.15) is 11.8 Å². The van der Waals surface area contributed by atoms with E-state index < -0.39 is 11.5 Å². The highest BCUT2D eigenvalue weighted by Gasteiger charge is 2.34. The van der Waals surface area contributed by atoms with Gasteiger partial charge in [0.2, 0.25) is 0 Å². The van der Waals surface area contributed by atoms with Crippen LogP contribution in [-0.4, -0.2) is 33.7 Å². The van der Waals surface area contributed by atoms with E-state index in [4.69, 9.17) is 0 Å². The molecule has 102 valence electrons. The normalized spacial score (nSPS) is 18.8. The lowest BCUT2D eigenvalue weighted by molar-refractivity contribution is -0.144. The monoisotopic (exact) mass is 261 g/mol. The Balaban J connectivity index is 4.41. The van der Waals surface area contributed by atoms with Crippen LogP contribution in [0, 0.1) is 5.92 Å². The summed E-state index contributed by atoms with van der Waals surface area (Å²) in [4.78, 5) is 11.3. The van der Waals surface area contributed by atoms with E-state index in [-0.39, 0.29) is 0 Å². The largest absolute Gasteiger partial charge is 0.480 e. The lowest BCUT2D eigenvalue weighted by Gasteiger charge is -2.30. The molecule has 0 aromatic rings. The number of nitrogens with one attached hydrogen (secondary N) is 1.